The number of rotatable bonds is 8. The summed E-state index contributed by atoms with van der Waals surface area (Å²) in [7, 11) is 1.62. The number of methoxy groups -OCH3 is 1. The van der Waals surface area contributed by atoms with Gasteiger partial charge in [0.25, 0.3) is 5.91 Å². The molecule has 1 N–H and O–H groups in total. The maximum atomic E-state index is 14.0. The van der Waals surface area contributed by atoms with Gasteiger partial charge in [-0.2, -0.15) is 0 Å². The van der Waals surface area contributed by atoms with Crippen LogP contribution in [0.4, 0.5) is 0 Å². The Bertz CT molecular complexity index is 1280. The third-order valence-corrected chi connectivity index (χ3v) is 7.24. The summed E-state index contributed by atoms with van der Waals surface area (Å²) in [6, 6.07) is 15.3. The van der Waals surface area contributed by atoms with Crippen LogP contribution < -0.4 is 14.8 Å². The zero-order chi connectivity index (χ0) is 25.3. The van der Waals surface area contributed by atoms with E-state index < -0.39 is 5.54 Å². The normalized spacial score (nSPS) is 21.5. The Morgan fingerprint density at radius 2 is 2.06 bits per heavy atom. The van der Waals surface area contributed by atoms with E-state index in [0.717, 1.165) is 35.9 Å². The fourth-order valence-corrected chi connectivity index (χ4v) is 5.21. The number of aromatic nitrogens is 1. The second kappa shape index (κ2) is 9.85. The summed E-state index contributed by atoms with van der Waals surface area (Å²) in [4.78, 5) is 29.5. The molecule has 8 nitrogen and oxygen atoms in total. The number of carbonyl (C=O) groups is 2. The minimum absolute atomic E-state index is 0.0104. The van der Waals surface area contributed by atoms with Crippen LogP contribution in [-0.2, 0) is 22.6 Å². The molecule has 3 aromatic rings. The summed E-state index contributed by atoms with van der Waals surface area (Å²) in [5.74, 6) is 1.02. The fraction of sp³-hybridized carbons (Fsp3) is 0.429. The van der Waals surface area contributed by atoms with Crippen molar-refractivity contribution >= 4 is 22.7 Å². The molecule has 0 aliphatic carbocycles. The van der Waals surface area contributed by atoms with Crippen LogP contribution in [0.15, 0.2) is 48.5 Å². The highest BCUT2D eigenvalue weighted by molar-refractivity contribution is 6.03. The van der Waals surface area contributed by atoms with Crippen molar-refractivity contribution in [2.75, 3.05) is 26.9 Å². The largest absolute Gasteiger partial charge is 0.497 e. The predicted octanol–water partition coefficient (Wildman–Crippen LogP) is 3.76. The van der Waals surface area contributed by atoms with Crippen molar-refractivity contribution in [3.05, 3.63) is 59.8 Å². The molecule has 2 aliphatic heterocycles. The Morgan fingerprint density at radius 1 is 1.22 bits per heavy atom. The number of hydrogen-bond donors (Lipinski definition) is 1. The summed E-state index contributed by atoms with van der Waals surface area (Å²) >= 11 is 0. The Balaban J connectivity index is 1.55. The minimum atomic E-state index is -1.13. The third kappa shape index (κ3) is 4.30. The van der Waals surface area contributed by atoms with Gasteiger partial charge in [-0.1, -0.05) is 18.2 Å². The highest BCUT2D eigenvalue weighted by Gasteiger charge is 2.48. The standard InChI is InChI=1S/C28H33N3O5/c1-4-35-25-10-6-5-8-20(25)17-31-26(32)24-14-19-11-12-21(34-3)15-23(19)30(24)18-28(31,2)27(33)29-16-22-9-7-13-36-22/h5-6,8,10-12,14-15,22H,4,7,9,13,16-18H2,1-3H3,(H,29,33)/t22-,28-/m1/s1. The van der Waals surface area contributed by atoms with Crippen molar-refractivity contribution in [3.8, 4) is 11.5 Å². The van der Waals surface area contributed by atoms with Crippen molar-refractivity contribution in [1.82, 2.24) is 14.8 Å². The highest BCUT2D eigenvalue weighted by Crippen LogP contribution is 2.36. The zero-order valence-corrected chi connectivity index (χ0v) is 21.1. The third-order valence-electron chi connectivity index (χ3n) is 7.24. The van der Waals surface area contributed by atoms with E-state index in [1.54, 1.807) is 12.0 Å². The lowest BCUT2D eigenvalue weighted by atomic mass is 9.93. The van der Waals surface area contributed by atoms with Gasteiger partial charge < -0.3 is 29.0 Å². The van der Waals surface area contributed by atoms with Gasteiger partial charge in [0.2, 0.25) is 5.91 Å². The van der Waals surface area contributed by atoms with E-state index in [9.17, 15) is 9.59 Å². The average Bonchev–Trinajstić information content (AvgIpc) is 3.54. The number of carbonyl (C=O) groups excluding carboxylic acids is 2. The molecule has 190 valence electrons. The van der Waals surface area contributed by atoms with E-state index in [1.807, 2.05) is 66.9 Å². The highest BCUT2D eigenvalue weighted by atomic mass is 16.5. The molecule has 3 heterocycles. The number of benzene rings is 2. The number of ether oxygens (including phenoxy) is 3. The van der Waals surface area contributed by atoms with Crippen LogP contribution in [-0.4, -0.2) is 59.8 Å². The molecule has 1 saturated heterocycles. The maximum absolute atomic E-state index is 14.0. The van der Waals surface area contributed by atoms with Gasteiger partial charge in [-0.3, -0.25) is 9.59 Å². The molecule has 2 amide bonds. The molecular formula is C28H33N3O5. The number of nitrogens with one attached hydrogen (secondary N) is 1. The van der Waals surface area contributed by atoms with Gasteiger partial charge in [0.1, 0.15) is 22.7 Å². The first-order valence-corrected chi connectivity index (χ1v) is 12.5. The monoisotopic (exact) mass is 491 g/mol. The van der Waals surface area contributed by atoms with Crippen molar-refractivity contribution in [3.63, 3.8) is 0 Å². The molecule has 36 heavy (non-hydrogen) atoms. The lowest BCUT2D eigenvalue weighted by Gasteiger charge is -2.44. The number of hydrogen-bond acceptors (Lipinski definition) is 5. The summed E-state index contributed by atoms with van der Waals surface area (Å²) < 4.78 is 18.9. The first-order chi connectivity index (χ1) is 17.4. The van der Waals surface area contributed by atoms with Gasteiger partial charge in [-0.05, 0) is 51.0 Å². The van der Waals surface area contributed by atoms with E-state index in [1.165, 1.54) is 0 Å². The Labute approximate surface area is 211 Å². The Morgan fingerprint density at radius 3 is 2.81 bits per heavy atom. The molecule has 1 fully saturated rings. The topological polar surface area (TPSA) is 82.0 Å². The summed E-state index contributed by atoms with van der Waals surface area (Å²) in [6.45, 7) is 6.01. The zero-order valence-electron chi connectivity index (χ0n) is 21.1. The van der Waals surface area contributed by atoms with Crippen LogP contribution in [0.5, 0.6) is 11.5 Å². The first kappa shape index (κ1) is 24.2. The van der Waals surface area contributed by atoms with Crippen molar-refractivity contribution in [2.24, 2.45) is 0 Å². The van der Waals surface area contributed by atoms with Crippen LogP contribution in [0.3, 0.4) is 0 Å². The van der Waals surface area contributed by atoms with Crippen LogP contribution >= 0.6 is 0 Å². The van der Waals surface area contributed by atoms with Crippen LogP contribution in [0, 0.1) is 0 Å². The Kier molecular flexibility index (Phi) is 6.62. The van der Waals surface area contributed by atoms with Crippen LogP contribution in [0.2, 0.25) is 0 Å². The lowest BCUT2D eigenvalue weighted by Crippen LogP contribution is -2.64. The summed E-state index contributed by atoms with van der Waals surface area (Å²) in [5.41, 5.74) is 1.15. The van der Waals surface area contributed by atoms with Gasteiger partial charge in [0.05, 0.1) is 38.4 Å². The van der Waals surface area contributed by atoms with E-state index in [-0.39, 0.29) is 24.5 Å². The molecule has 0 radical (unpaired) electrons. The summed E-state index contributed by atoms with van der Waals surface area (Å²) in [6.07, 6.45) is 1.93. The second-order valence-corrected chi connectivity index (χ2v) is 9.59. The van der Waals surface area contributed by atoms with Gasteiger partial charge in [-0.25, -0.2) is 0 Å². The Hall–Kier alpha value is -3.52. The van der Waals surface area contributed by atoms with E-state index in [4.69, 9.17) is 14.2 Å². The molecule has 0 bridgehead atoms. The SMILES string of the molecule is CCOc1ccccc1CN1C(=O)c2cc3ccc(OC)cc3n2C[C@]1(C)C(=O)NC[C@H]1CCCO1. The van der Waals surface area contributed by atoms with E-state index >= 15 is 0 Å². The maximum Gasteiger partial charge on any atom is 0.271 e. The quantitative estimate of drug-likeness (QED) is 0.519. The van der Waals surface area contributed by atoms with Crippen molar-refractivity contribution in [2.45, 2.75) is 51.4 Å². The lowest BCUT2D eigenvalue weighted by molar-refractivity contribution is -0.133. The first-order valence-electron chi connectivity index (χ1n) is 12.5. The molecule has 2 atom stereocenters. The van der Waals surface area contributed by atoms with E-state index in [2.05, 4.69) is 5.32 Å². The number of fused-ring (bicyclic) bond motifs is 3. The molecule has 0 unspecified atom stereocenters. The minimum Gasteiger partial charge on any atom is -0.497 e. The van der Waals surface area contributed by atoms with E-state index in [0.29, 0.717) is 36.9 Å². The molecule has 2 aromatic carbocycles. The molecule has 5 rings (SSSR count). The average molecular weight is 492 g/mol. The second-order valence-electron chi connectivity index (χ2n) is 9.59. The van der Waals surface area contributed by atoms with Gasteiger partial charge in [-0.15, -0.1) is 0 Å². The van der Waals surface area contributed by atoms with Gasteiger partial charge in [0, 0.05) is 30.2 Å². The fourth-order valence-electron chi connectivity index (χ4n) is 5.21. The number of nitrogens with zero attached hydrogens (tertiary/aromatic N) is 2. The van der Waals surface area contributed by atoms with Crippen molar-refractivity contribution < 1.29 is 23.8 Å². The van der Waals surface area contributed by atoms with Crippen molar-refractivity contribution in [1.29, 1.82) is 0 Å². The number of amides is 2. The molecule has 0 spiro atoms. The van der Waals surface area contributed by atoms with Crippen LogP contribution in [0.25, 0.3) is 10.9 Å². The molecule has 0 saturated carbocycles. The molecule has 1 aromatic heterocycles. The molecule has 8 heteroatoms. The number of para-hydroxylation sites is 1. The molecule has 2 aliphatic rings. The summed E-state index contributed by atoms with van der Waals surface area (Å²) in [5, 5.41) is 4.01. The molecular weight excluding hydrogens is 458 g/mol. The van der Waals surface area contributed by atoms with Crippen LogP contribution in [0.1, 0.15) is 42.7 Å². The van der Waals surface area contributed by atoms with Gasteiger partial charge in [0.15, 0.2) is 0 Å². The van der Waals surface area contributed by atoms with Gasteiger partial charge >= 0.3 is 0 Å². The smallest absolute Gasteiger partial charge is 0.271 e. The predicted molar refractivity (Wildman–Crippen MR) is 136 cm³/mol.